The van der Waals surface area contributed by atoms with E-state index in [2.05, 4.69) is 18.7 Å². The minimum Gasteiger partial charge on any atom is -0.300 e. The topological polar surface area (TPSA) is 20.3 Å². The minimum absolute atomic E-state index is 0.274. The highest BCUT2D eigenvalue weighted by Gasteiger charge is 2.25. The Kier molecular flexibility index (Phi) is 4.54. The van der Waals surface area contributed by atoms with E-state index in [1.165, 1.54) is 13.0 Å². The van der Waals surface area contributed by atoms with Gasteiger partial charge >= 0.3 is 0 Å². The molecular weight excluding hydrogens is 222 g/mol. The number of carbonyl (C=O) groups excluding carboxylic acids is 1. The highest BCUT2D eigenvalue weighted by atomic mass is 16.1. The van der Waals surface area contributed by atoms with E-state index in [1.807, 2.05) is 30.3 Å². The summed E-state index contributed by atoms with van der Waals surface area (Å²) in [5.41, 5.74) is 0.848. The molecule has 2 rings (SSSR count). The molecule has 0 spiro atoms. The molecule has 1 aromatic carbocycles. The predicted molar refractivity (Wildman–Crippen MR) is 74.8 cm³/mol. The number of hydrogen-bond donors (Lipinski definition) is 0. The van der Waals surface area contributed by atoms with Gasteiger partial charge in [0, 0.05) is 24.6 Å². The molecule has 2 nitrogen and oxygen atoms in total. The van der Waals surface area contributed by atoms with Crippen LogP contribution in [-0.4, -0.2) is 29.8 Å². The van der Waals surface area contributed by atoms with Crippen LogP contribution in [0.4, 0.5) is 0 Å². The number of benzene rings is 1. The smallest absolute Gasteiger partial charge is 0.162 e. The molecule has 1 heterocycles. The highest BCUT2D eigenvalue weighted by Crippen LogP contribution is 2.22. The number of ketones is 1. The Hall–Kier alpha value is -1.15. The van der Waals surface area contributed by atoms with Crippen LogP contribution in [0.2, 0.25) is 0 Å². The van der Waals surface area contributed by atoms with E-state index < -0.39 is 0 Å². The quantitative estimate of drug-likeness (QED) is 0.741. The van der Waals surface area contributed by atoms with Crippen LogP contribution in [0.1, 0.15) is 43.5 Å². The number of Topliss-reactive ketones (excluding diaryl/α,β-unsaturated/α-hetero) is 1. The first-order valence-corrected chi connectivity index (χ1v) is 6.99. The molecule has 0 radical (unpaired) electrons. The summed E-state index contributed by atoms with van der Waals surface area (Å²) in [7, 11) is 0. The molecule has 18 heavy (non-hydrogen) atoms. The maximum atomic E-state index is 11.9. The summed E-state index contributed by atoms with van der Waals surface area (Å²) in [5, 5.41) is 0. The van der Waals surface area contributed by atoms with Gasteiger partial charge in [-0.15, -0.1) is 0 Å². The van der Waals surface area contributed by atoms with Crippen molar-refractivity contribution in [2.45, 2.75) is 39.2 Å². The maximum absolute atomic E-state index is 11.9. The van der Waals surface area contributed by atoms with E-state index in [9.17, 15) is 4.79 Å². The fourth-order valence-electron chi connectivity index (χ4n) is 2.91. The third-order valence-corrected chi connectivity index (χ3v) is 3.86. The average molecular weight is 245 g/mol. The van der Waals surface area contributed by atoms with Gasteiger partial charge in [0.1, 0.15) is 0 Å². The molecule has 0 saturated carbocycles. The van der Waals surface area contributed by atoms with E-state index >= 15 is 0 Å². The lowest BCUT2D eigenvalue weighted by Gasteiger charge is -2.20. The molecule has 1 fully saturated rings. The second-order valence-electron chi connectivity index (χ2n) is 5.58. The van der Waals surface area contributed by atoms with Crippen LogP contribution in [0, 0.1) is 5.92 Å². The van der Waals surface area contributed by atoms with E-state index in [4.69, 9.17) is 0 Å². The summed E-state index contributed by atoms with van der Waals surface area (Å²) in [6, 6.07) is 10.3. The summed E-state index contributed by atoms with van der Waals surface area (Å²) in [6.07, 6.45) is 2.94. The van der Waals surface area contributed by atoms with Crippen molar-refractivity contribution in [1.29, 1.82) is 0 Å². The van der Waals surface area contributed by atoms with Gasteiger partial charge < -0.3 is 4.90 Å². The van der Waals surface area contributed by atoms with Crippen LogP contribution in [-0.2, 0) is 0 Å². The molecule has 0 aromatic heterocycles. The normalized spacial score (nSPS) is 24.3. The van der Waals surface area contributed by atoms with Crippen LogP contribution in [0.3, 0.4) is 0 Å². The Morgan fingerprint density at radius 3 is 2.61 bits per heavy atom. The first-order valence-electron chi connectivity index (χ1n) is 6.99. The van der Waals surface area contributed by atoms with E-state index in [0.717, 1.165) is 24.4 Å². The van der Waals surface area contributed by atoms with Crippen molar-refractivity contribution in [1.82, 2.24) is 4.90 Å². The standard InChI is InChI=1S/C16H23NO/c1-13-11-14(2)17(12-13)10-6-9-16(18)15-7-4-3-5-8-15/h3-5,7-8,13-14H,6,9-12H2,1-2H3. The maximum Gasteiger partial charge on any atom is 0.162 e. The van der Waals surface area contributed by atoms with Gasteiger partial charge in [-0.3, -0.25) is 4.79 Å². The molecule has 0 N–H and O–H groups in total. The molecule has 1 saturated heterocycles. The van der Waals surface area contributed by atoms with Crippen molar-refractivity contribution in [2.24, 2.45) is 5.92 Å². The predicted octanol–water partition coefficient (Wildman–Crippen LogP) is 3.38. The Morgan fingerprint density at radius 1 is 1.28 bits per heavy atom. The molecule has 2 unspecified atom stereocenters. The fraction of sp³-hybridized carbons (Fsp3) is 0.562. The number of likely N-dealkylation sites (tertiary alicyclic amines) is 1. The van der Waals surface area contributed by atoms with Crippen molar-refractivity contribution >= 4 is 5.78 Å². The first-order chi connectivity index (χ1) is 8.66. The Labute approximate surface area is 110 Å². The van der Waals surface area contributed by atoms with Crippen molar-refractivity contribution in [3.8, 4) is 0 Å². The van der Waals surface area contributed by atoms with Crippen LogP contribution < -0.4 is 0 Å². The third-order valence-electron chi connectivity index (χ3n) is 3.86. The van der Waals surface area contributed by atoms with Crippen LogP contribution in [0.5, 0.6) is 0 Å². The van der Waals surface area contributed by atoms with E-state index in [-0.39, 0.29) is 5.78 Å². The largest absolute Gasteiger partial charge is 0.300 e. The van der Waals surface area contributed by atoms with Gasteiger partial charge in [0.15, 0.2) is 5.78 Å². The second-order valence-corrected chi connectivity index (χ2v) is 5.58. The monoisotopic (exact) mass is 245 g/mol. The van der Waals surface area contributed by atoms with Crippen molar-refractivity contribution in [2.75, 3.05) is 13.1 Å². The zero-order chi connectivity index (χ0) is 13.0. The summed E-state index contributed by atoms with van der Waals surface area (Å²) >= 11 is 0. The van der Waals surface area contributed by atoms with Crippen LogP contribution >= 0.6 is 0 Å². The number of carbonyl (C=O) groups is 1. The lowest BCUT2D eigenvalue weighted by Crippen LogP contribution is -2.28. The minimum atomic E-state index is 0.274. The van der Waals surface area contributed by atoms with Gasteiger partial charge in [0.25, 0.3) is 0 Å². The lowest BCUT2D eigenvalue weighted by molar-refractivity contribution is 0.0974. The van der Waals surface area contributed by atoms with Gasteiger partial charge in [-0.25, -0.2) is 0 Å². The molecule has 2 atom stereocenters. The Bertz CT molecular complexity index is 387. The summed E-state index contributed by atoms with van der Waals surface area (Å²) in [6.45, 7) is 6.86. The highest BCUT2D eigenvalue weighted by molar-refractivity contribution is 5.95. The van der Waals surface area contributed by atoms with Crippen molar-refractivity contribution in [3.05, 3.63) is 35.9 Å². The molecular formula is C16H23NO. The van der Waals surface area contributed by atoms with Crippen molar-refractivity contribution in [3.63, 3.8) is 0 Å². The SMILES string of the molecule is CC1CC(C)N(CCCC(=O)c2ccccc2)C1. The zero-order valence-electron chi connectivity index (χ0n) is 11.4. The lowest BCUT2D eigenvalue weighted by atomic mass is 10.1. The van der Waals surface area contributed by atoms with Gasteiger partial charge in [0.2, 0.25) is 0 Å². The summed E-state index contributed by atoms with van der Waals surface area (Å²) < 4.78 is 0. The summed E-state index contributed by atoms with van der Waals surface area (Å²) in [5.74, 6) is 1.08. The van der Waals surface area contributed by atoms with Gasteiger partial charge in [0.05, 0.1) is 0 Å². The molecule has 0 aliphatic carbocycles. The third kappa shape index (κ3) is 3.42. The first kappa shape index (κ1) is 13.3. The summed E-state index contributed by atoms with van der Waals surface area (Å²) in [4.78, 5) is 14.5. The van der Waals surface area contributed by atoms with Crippen LogP contribution in [0.15, 0.2) is 30.3 Å². The average Bonchev–Trinajstić information content (AvgIpc) is 2.69. The zero-order valence-corrected chi connectivity index (χ0v) is 11.4. The molecule has 1 aliphatic rings. The number of nitrogens with zero attached hydrogens (tertiary/aromatic N) is 1. The van der Waals surface area contributed by atoms with Gasteiger partial charge in [-0.2, -0.15) is 0 Å². The number of hydrogen-bond acceptors (Lipinski definition) is 2. The molecule has 0 amide bonds. The van der Waals surface area contributed by atoms with Crippen LogP contribution in [0.25, 0.3) is 0 Å². The molecule has 1 aliphatic heterocycles. The second kappa shape index (κ2) is 6.14. The Balaban J connectivity index is 1.74. The van der Waals surface area contributed by atoms with Crippen molar-refractivity contribution < 1.29 is 4.79 Å². The number of rotatable bonds is 5. The molecule has 2 heteroatoms. The van der Waals surface area contributed by atoms with E-state index in [1.54, 1.807) is 0 Å². The molecule has 1 aromatic rings. The Morgan fingerprint density at radius 2 is 2.00 bits per heavy atom. The molecule has 98 valence electrons. The van der Waals surface area contributed by atoms with Gasteiger partial charge in [-0.05, 0) is 32.2 Å². The van der Waals surface area contributed by atoms with E-state index in [0.29, 0.717) is 12.5 Å². The van der Waals surface area contributed by atoms with Gasteiger partial charge in [-0.1, -0.05) is 37.3 Å². The molecule has 0 bridgehead atoms. The fourth-order valence-corrected chi connectivity index (χ4v) is 2.91.